The minimum Gasteiger partial charge on any atom is -0.424 e. The Bertz CT molecular complexity index is 759. The molecule has 22 heavy (non-hydrogen) atoms. The molecule has 1 fully saturated rings. The van der Waals surface area contributed by atoms with Crippen molar-refractivity contribution in [1.29, 1.82) is 0 Å². The van der Waals surface area contributed by atoms with Crippen LogP contribution in [-0.4, -0.2) is 31.5 Å². The van der Waals surface area contributed by atoms with Crippen molar-refractivity contribution in [3.63, 3.8) is 0 Å². The van der Waals surface area contributed by atoms with Crippen molar-refractivity contribution in [3.8, 4) is 0 Å². The standard InChI is InChI=1S/C16H22N2O3S/c1-11-3-8-15-14(9-11)18-16(21-15)17-10-12-4-6-13(7-5-12)22(2,19)20/h3,8-9,12-13H,4-7,10H2,1-2H3,(H,17,18). The number of fused-ring (bicyclic) bond motifs is 1. The molecule has 0 bridgehead atoms. The van der Waals surface area contributed by atoms with E-state index in [4.69, 9.17) is 4.42 Å². The fourth-order valence-electron chi connectivity index (χ4n) is 3.11. The zero-order chi connectivity index (χ0) is 15.7. The Hall–Kier alpha value is -1.56. The van der Waals surface area contributed by atoms with Crippen LogP contribution in [0.1, 0.15) is 31.2 Å². The molecular formula is C16H22N2O3S. The van der Waals surface area contributed by atoms with Crippen LogP contribution in [0.15, 0.2) is 22.6 Å². The van der Waals surface area contributed by atoms with Crippen LogP contribution < -0.4 is 5.32 Å². The van der Waals surface area contributed by atoms with E-state index >= 15 is 0 Å². The van der Waals surface area contributed by atoms with Gasteiger partial charge in [-0.1, -0.05) is 6.07 Å². The molecular weight excluding hydrogens is 300 g/mol. The summed E-state index contributed by atoms with van der Waals surface area (Å²) < 4.78 is 28.8. The van der Waals surface area contributed by atoms with Gasteiger partial charge >= 0.3 is 0 Å². The Morgan fingerprint density at radius 1 is 1.27 bits per heavy atom. The summed E-state index contributed by atoms with van der Waals surface area (Å²) in [6.07, 6.45) is 4.74. The van der Waals surface area contributed by atoms with Crippen LogP contribution in [0.5, 0.6) is 0 Å². The molecule has 120 valence electrons. The highest BCUT2D eigenvalue weighted by atomic mass is 32.2. The number of benzene rings is 1. The SMILES string of the molecule is Cc1ccc2oc(NCC3CCC(S(C)(=O)=O)CC3)nc2c1. The zero-order valence-corrected chi connectivity index (χ0v) is 13.8. The van der Waals surface area contributed by atoms with Crippen LogP contribution in [0.2, 0.25) is 0 Å². The highest BCUT2D eigenvalue weighted by Crippen LogP contribution is 2.29. The van der Waals surface area contributed by atoms with Gasteiger partial charge in [0.25, 0.3) is 6.01 Å². The summed E-state index contributed by atoms with van der Waals surface area (Å²) in [6.45, 7) is 2.81. The van der Waals surface area contributed by atoms with Gasteiger partial charge in [-0.05, 0) is 56.2 Å². The third-order valence-corrected chi connectivity index (χ3v) is 6.17. The number of oxazole rings is 1. The molecule has 1 N–H and O–H groups in total. The summed E-state index contributed by atoms with van der Waals surface area (Å²) in [5, 5.41) is 3.09. The summed E-state index contributed by atoms with van der Waals surface area (Å²) in [5.41, 5.74) is 2.81. The average Bonchev–Trinajstić information content (AvgIpc) is 2.86. The number of aryl methyl sites for hydroxylation is 1. The van der Waals surface area contributed by atoms with E-state index in [1.54, 1.807) is 0 Å². The van der Waals surface area contributed by atoms with E-state index in [1.807, 2.05) is 25.1 Å². The molecule has 0 amide bonds. The van der Waals surface area contributed by atoms with Crippen molar-refractivity contribution >= 4 is 27.0 Å². The molecule has 1 aromatic heterocycles. The predicted molar refractivity (Wildman–Crippen MR) is 87.8 cm³/mol. The third kappa shape index (κ3) is 3.43. The summed E-state index contributed by atoms with van der Waals surface area (Å²) in [7, 11) is -2.89. The maximum absolute atomic E-state index is 11.6. The van der Waals surface area contributed by atoms with Gasteiger partial charge in [-0.15, -0.1) is 0 Å². The predicted octanol–water partition coefficient (Wildman–Crippen LogP) is 3.15. The average molecular weight is 322 g/mol. The van der Waals surface area contributed by atoms with Crippen molar-refractivity contribution in [2.24, 2.45) is 5.92 Å². The number of hydrogen-bond acceptors (Lipinski definition) is 5. The van der Waals surface area contributed by atoms with Gasteiger partial charge in [0.05, 0.1) is 5.25 Å². The lowest BCUT2D eigenvalue weighted by Crippen LogP contribution is -2.28. The molecule has 3 rings (SSSR count). The number of nitrogens with zero attached hydrogens (tertiary/aromatic N) is 1. The normalized spacial score (nSPS) is 22.8. The lowest BCUT2D eigenvalue weighted by molar-refractivity contribution is 0.370. The fraction of sp³-hybridized carbons (Fsp3) is 0.562. The van der Waals surface area contributed by atoms with Gasteiger partial charge in [-0.25, -0.2) is 8.42 Å². The van der Waals surface area contributed by atoms with Crippen molar-refractivity contribution < 1.29 is 12.8 Å². The van der Waals surface area contributed by atoms with E-state index < -0.39 is 9.84 Å². The Morgan fingerprint density at radius 3 is 2.68 bits per heavy atom. The first kappa shape index (κ1) is 15.3. The van der Waals surface area contributed by atoms with E-state index in [0.29, 0.717) is 11.9 Å². The highest BCUT2D eigenvalue weighted by molar-refractivity contribution is 7.91. The van der Waals surface area contributed by atoms with E-state index in [9.17, 15) is 8.42 Å². The molecule has 5 nitrogen and oxygen atoms in total. The Balaban J connectivity index is 1.56. The molecule has 1 aliphatic rings. The van der Waals surface area contributed by atoms with Gasteiger partial charge in [0.2, 0.25) is 0 Å². The first-order valence-corrected chi connectivity index (χ1v) is 9.67. The monoisotopic (exact) mass is 322 g/mol. The third-order valence-electron chi connectivity index (χ3n) is 4.48. The molecule has 0 saturated heterocycles. The molecule has 0 unspecified atom stereocenters. The summed E-state index contributed by atoms with van der Waals surface area (Å²) in [4.78, 5) is 4.44. The molecule has 6 heteroatoms. The molecule has 0 aliphatic heterocycles. The van der Waals surface area contributed by atoms with Crippen molar-refractivity contribution in [1.82, 2.24) is 4.98 Å². The lowest BCUT2D eigenvalue weighted by Gasteiger charge is -2.27. The quantitative estimate of drug-likeness (QED) is 0.936. The molecule has 1 aliphatic carbocycles. The number of sulfone groups is 1. The zero-order valence-electron chi connectivity index (χ0n) is 13.0. The fourth-order valence-corrected chi connectivity index (χ4v) is 4.24. The van der Waals surface area contributed by atoms with E-state index in [1.165, 1.54) is 6.26 Å². The first-order valence-electron chi connectivity index (χ1n) is 7.72. The second kappa shape index (κ2) is 5.91. The summed E-state index contributed by atoms with van der Waals surface area (Å²) in [5.74, 6) is 0.481. The first-order chi connectivity index (χ1) is 10.4. The minimum atomic E-state index is -2.89. The molecule has 2 aromatic rings. The Labute approximate surface area is 131 Å². The maximum atomic E-state index is 11.6. The van der Waals surface area contributed by atoms with Crippen LogP contribution in [0.3, 0.4) is 0 Å². The van der Waals surface area contributed by atoms with Gasteiger partial charge in [-0.2, -0.15) is 4.98 Å². The number of aromatic nitrogens is 1. The largest absolute Gasteiger partial charge is 0.424 e. The van der Waals surface area contributed by atoms with Crippen LogP contribution >= 0.6 is 0 Å². The van der Waals surface area contributed by atoms with Gasteiger partial charge in [0.15, 0.2) is 5.58 Å². The van der Waals surface area contributed by atoms with Crippen LogP contribution in [0, 0.1) is 12.8 Å². The van der Waals surface area contributed by atoms with Crippen molar-refractivity contribution in [2.45, 2.75) is 37.9 Å². The number of anilines is 1. The maximum Gasteiger partial charge on any atom is 0.295 e. The Morgan fingerprint density at radius 2 is 2.00 bits per heavy atom. The summed E-state index contributed by atoms with van der Waals surface area (Å²) in [6, 6.07) is 6.48. The smallest absolute Gasteiger partial charge is 0.295 e. The second-order valence-electron chi connectivity index (χ2n) is 6.34. The summed E-state index contributed by atoms with van der Waals surface area (Å²) >= 11 is 0. The number of nitrogens with one attached hydrogen (secondary N) is 1. The minimum absolute atomic E-state index is 0.156. The van der Waals surface area contributed by atoms with Gasteiger partial charge in [-0.3, -0.25) is 0 Å². The van der Waals surface area contributed by atoms with Crippen LogP contribution in [0.25, 0.3) is 11.1 Å². The van der Waals surface area contributed by atoms with Crippen LogP contribution in [-0.2, 0) is 9.84 Å². The van der Waals surface area contributed by atoms with E-state index in [0.717, 1.165) is 48.9 Å². The topological polar surface area (TPSA) is 72.2 Å². The molecule has 0 spiro atoms. The second-order valence-corrected chi connectivity index (χ2v) is 8.67. The molecule has 0 radical (unpaired) electrons. The number of rotatable bonds is 4. The number of hydrogen-bond donors (Lipinski definition) is 1. The van der Waals surface area contributed by atoms with E-state index in [2.05, 4.69) is 10.3 Å². The van der Waals surface area contributed by atoms with Crippen molar-refractivity contribution in [2.75, 3.05) is 18.1 Å². The van der Waals surface area contributed by atoms with Crippen LogP contribution in [0.4, 0.5) is 6.01 Å². The highest BCUT2D eigenvalue weighted by Gasteiger charge is 2.27. The van der Waals surface area contributed by atoms with Gasteiger partial charge < -0.3 is 9.73 Å². The molecule has 0 atom stereocenters. The van der Waals surface area contributed by atoms with E-state index in [-0.39, 0.29) is 5.25 Å². The van der Waals surface area contributed by atoms with Crippen molar-refractivity contribution in [3.05, 3.63) is 23.8 Å². The van der Waals surface area contributed by atoms with Gasteiger partial charge in [0.1, 0.15) is 15.4 Å². The molecule has 1 aromatic carbocycles. The Kier molecular flexibility index (Phi) is 4.12. The molecule has 1 heterocycles. The lowest BCUT2D eigenvalue weighted by atomic mass is 9.89. The molecule has 1 saturated carbocycles. The van der Waals surface area contributed by atoms with Gasteiger partial charge in [0, 0.05) is 12.8 Å².